The maximum atomic E-state index is 13.1. The maximum absolute atomic E-state index is 13.1. The van der Waals surface area contributed by atoms with E-state index in [1.54, 1.807) is 30.3 Å². The predicted molar refractivity (Wildman–Crippen MR) is 67.1 cm³/mol. The molecule has 0 saturated heterocycles. The molecule has 0 heterocycles. The van der Waals surface area contributed by atoms with Crippen molar-refractivity contribution in [2.24, 2.45) is 0 Å². The van der Waals surface area contributed by atoms with Gasteiger partial charge in [0.05, 0.1) is 5.56 Å². The molecule has 0 aliphatic rings. The van der Waals surface area contributed by atoms with Crippen molar-refractivity contribution in [1.29, 1.82) is 0 Å². The Hall–Kier alpha value is -1.81. The van der Waals surface area contributed by atoms with Gasteiger partial charge in [-0.1, -0.05) is 42.5 Å². The molecule has 2 rings (SSSR count). The van der Waals surface area contributed by atoms with Crippen LogP contribution in [0, 0.1) is 0 Å². The van der Waals surface area contributed by atoms with Crippen molar-refractivity contribution in [3.8, 4) is 11.1 Å². The van der Waals surface area contributed by atoms with Crippen LogP contribution in [0.1, 0.15) is 15.9 Å². The average Bonchev–Trinajstić information content (AvgIpc) is 2.38. The lowest BCUT2D eigenvalue weighted by atomic mass is 9.95. The zero-order valence-electron chi connectivity index (χ0n) is 9.54. The molecule has 0 saturated carbocycles. The summed E-state index contributed by atoms with van der Waals surface area (Å²) < 4.78 is 39.4. The lowest BCUT2D eigenvalue weighted by Crippen LogP contribution is -2.12. The molecule has 0 N–H and O–H groups in total. The third kappa shape index (κ3) is 2.79. The minimum atomic E-state index is -4.65. The van der Waals surface area contributed by atoms with Crippen molar-refractivity contribution in [2.45, 2.75) is 6.18 Å². The Balaban J connectivity index is 2.75. The van der Waals surface area contributed by atoms with Crippen LogP contribution in [-0.4, -0.2) is 5.24 Å². The van der Waals surface area contributed by atoms with E-state index < -0.39 is 22.5 Å². The first-order chi connectivity index (χ1) is 8.91. The number of carbonyl (C=O) groups is 1. The highest BCUT2D eigenvalue weighted by atomic mass is 35.5. The second-order valence-electron chi connectivity index (χ2n) is 3.87. The Bertz CT molecular complexity index is 606. The van der Waals surface area contributed by atoms with Gasteiger partial charge < -0.3 is 0 Å². The van der Waals surface area contributed by atoms with E-state index in [1.807, 2.05) is 0 Å². The Kier molecular flexibility index (Phi) is 3.62. The molecule has 0 aliphatic heterocycles. The lowest BCUT2D eigenvalue weighted by Gasteiger charge is -2.15. The molecule has 0 fully saturated rings. The van der Waals surface area contributed by atoms with Crippen LogP contribution >= 0.6 is 11.6 Å². The third-order valence-corrected chi connectivity index (χ3v) is 2.85. The lowest BCUT2D eigenvalue weighted by molar-refractivity contribution is -0.137. The van der Waals surface area contributed by atoms with Crippen molar-refractivity contribution in [3.63, 3.8) is 0 Å². The standard InChI is InChI=1S/C14H8ClF3O/c15-13(19)11-8-4-7-10(12(11)14(16,17)18)9-5-2-1-3-6-9/h1-8H. The highest BCUT2D eigenvalue weighted by Gasteiger charge is 2.37. The molecule has 1 nitrogen and oxygen atoms in total. The molecule has 0 unspecified atom stereocenters. The second kappa shape index (κ2) is 5.05. The summed E-state index contributed by atoms with van der Waals surface area (Å²) in [7, 11) is 0. The molecule has 0 aromatic heterocycles. The Labute approximate surface area is 112 Å². The Morgan fingerprint density at radius 2 is 1.58 bits per heavy atom. The molecule has 98 valence electrons. The highest BCUT2D eigenvalue weighted by molar-refractivity contribution is 6.68. The van der Waals surface area contributed by atoms with E-state index in [1.165, 1.54) is 12.1 Å². The van der Waals surface area contributed by atoms with Gasteiger partial charge in [-0.25, -0.2) is 0 Å². The van der Waals surface area contributed by atoms with E-state index in [0.717, 1.165) is 6.07 Å². The van der Waals surface area contributed by atoms with Gasteiger partial charge in [0.2, 0.25) is 0 Å². The topological polar surface area (TPSA) is 17.1 Å². The number of carbonyl (C=O) groups excluding carboxylic acids is 1. The van der Waals surface area contributed by atoms with E-state index in [2.05, 4.69) is 0 Å². The predicted octanol–water partition coefficient (Wildman–Crippen LogP) is 4.75. The SMILES string of the molecule is O=C(Cl)c1cccc(-c2ccccc2)c1C(F)(F)F. The number of alkyl halides is 3. The molecule has 0 amide bonds. The monoisotopic (exact) mass is 284 g/mol. The van der Waals surface area contributed by atoms with Gasteiger partial charge in [0.1, 0.15) is 0 Å². The molecule has 2 aromatic rings. The fourth-order valence-corrected chi connectivity index (χ4v) is 2.04. The van der Waals surface area contributed by atoms with Crippen LogP contribution in [0.5, 0.6) is 0 Å². The molecule has 0 aliphatic carbocycles. The van der Waals surface area contributed by atoms with Crippen LogP contribution in [-0.2, 0) is 6.18 Å². The summed E-state index contributed by atoms with van der Waals surface area (Å²) in [6.07, 6.45) is -4.65. The van der Waals surface area contributed by atoms with E-state index in [9.17, 15) is 18.0 Å². The van der Waals surface area contributed by atoms with Gasteiger partial charge in [0.15, 0.2) is 0 Å². The molecular weight excluding hydrogens is 277 g/mol. The number of rotatable bonds is 2. The number of hydrogen-bond acceptors (Lipinski definition) is 1. The van der Waals surface area contributed by atoms with Crippen LogP contribution in [0.3, 0.4) is 0 Å². The van der Waals surface area contributed by atoms with Gasteiger partial charge >= 0.3 is 6.18 Å². The van der Waals surface area contributed by atoms with Crippen LogP contribution < -0.4 is 0 Å². The fraction of sp³-hybridized carbons (Fsp3) is 0.0714. The van der Waals surface area contributed by atoms with Gasteiger partial charge in [-0.3, -0.25) is 4.79 Å². The van der Waals surface area contributed by atoms with Crippen LogP contribution in [0.2, 0.25) is 0 Å². The van der Waals surface area contributed by atoms with Gasteiger partial charge in [-0.05, 0) is 28.8 Å². The van der Waals surface area contributed by atoms with Gasteiger partial charge in [0, 0.05) is 5.56 Å². The average molecular weight is 285 g/mol. The van der Waals surface area contributed by atoms with Gasteiger partial charge in [0.25, 0.3) is 5.24 Å². The first kappa shape index (κ1) is 13.6. The molecule has 2 aromatic carbocycles. The molecule has 0 spiro atoms. The van der Waals surface area contributed by atoms with E-state index in [4.69, 9.17) is 11.6 Å². The maximum Gasteiger partial charge on any atom is 0.417 e. The molecule has 0 atom stereocenters. The molecular formula is C14H8ClF3O. The minimum absolute atomic E-state index is 0.0559. The minimum Gasteiger partial charge on any atom is -0.276 e. The van der Waals surface area contributed by atoms with E-state index in [-0.39, 0.29) is 5.56 Å². The summed E-state index contributed by atoms with van der Waals surface area (Å²) >= 11 is 5.23. The van der Waals surface area contributed by atoms with E-state index >= 15 is 0 Å². The summed E-state index contributed by atoms with van der Waals surface area (Å²) in [5.41, 5.74) is -1.20. The number of benzene rings is 2. The third-order valence-electron chi connectivity index (χ3n) is 2.64. The van der Waals surface area contributed by atoms with Crippen LogP contribution in [0.4, 0.5) is 13.2 Å². The highest BCUT2D eigenvalue weighted by Crippen LogP contribution is 2.39. The van der Waals surface area contributed by atoms with Crippen molar-refractivity contribution >= 4 is 16.8 Å². The fourth-order valence-electron chi connectivity index (χ4n) is 1.88. The summed E-state index contributed by atoms with van der Waals surface area (Å²) in [6, 6.07) is 11.8. The molecule has 0 bridgehead atoms. The van der Waals surface area contributed by atoms with Gasteiger partial charge in [-0.2, -0.15) is 13.2 Å². The summed E-state index contributed by atoms with van der Waals surface area (Å²) in [4.78, 5) is 11.2. The Morgan fingerprint density at radius 3 is 2.11 bits per heavy atom. The molecule has 19 heavy (non-hydrogen) atoms. The smallest absolute Gasteiger partial charge is 0.276 e. The normalized spacial score (nSPS) is 11.4. The van der Waals surface area contributed by atoms with E-state index in [0.29, 0.717) is 5.56 Å². The Morgan fingerprint density at radius 1 is 0.947 bits per heavy atom. The van der Waals surface area contributed by atoms with Crippen molar-refractivity contribution in [1.82, 2.24) is 0 Å². The van der Waals surface area contributed by atoms with Crippen LogP contribution in [0.25, 0.3) is 11.1 Å². The molecule has 5 heteroatoms. The zero-order valence-corrected chi connectivity index (χ0v) is 10.3. The zero-order chi connectivity index (χ0) is 14.0. The van der Waals surface area contributed by atoms with Crippen LogP contribution in [0.15, 0.2) is 48.5 Å². The number of hydrogen-bond donors (Lipinski definition) is 0. The summed E-state index contributed by atoms with van der Waals surface area (Å²) in [6.45, 7) is 0. The summed E-state index contributed by atoms with van der Waals surface area (Å²) in [5, 5.41) is -1.12. The summed E-state index contributed by atoms with van der Waals surface area (Å²) in [5.74, 6) is 0. The van der Waals surface area contributed by atoms with Crippen molar-refractivity contribution in [2.75, 3.05) is 0 Å². The quantitative estimate of drug-likeness (QED) is 0.727. The molecule has 0 radical (unpaired) electrons. The largest absolute Gasteiger partial charge is 0.417 e. The number of halogens is 4. The first-order valence-electron chi connectivity index (χ1n) is 5.36. The second-order valence-corrected chi connectivity index (χ2v) is 4.21. The van der Waals surface area contributed by atoms with Crippen molar-refractivity contribution in [3.05, 3.63) is 59.7 Å². The van der Waals surface area contributed by atoms with Gasteiger partial charge in [-0.15, -0.1) is 0 Å². The van der Waals surface area contributed by atoms with Crippen molar-refractivity contribution < 1.29 is 18.0 Å². The first-order valence-corrected chi connectivity index (χ1v) is 5.74.